The van der Waals surface area contributed by atoms with Gasteiger partial charge < -0.3 is 5.32 Å². The highest BCUT2D eigenvalue weighted by atomic mass is 32.1. The summed E-state index contributed by atoms with van der Waals surface area (Å²) >= 11 is 1.08. The molecule has 104 valence electrons. The van der Waals surface area contributed by atoms with E-state index in [0.717, 1.165) is 30.2 Å². The number of halogens is 2. The second-order valence-corrected chi connectivity index (χ2v) is 5.75. The zero-order chi connectivity index (χ0) is 14.1. The van der Waals surface area contributed by atoms with Crippen LogP contribution in [-0.2, 0) is 4.79 Å². The van der Waals surface area contributed by atoms with Crippen LogP contribution in [0.1, 0.15) is 19.3 Å². The van der Waals surface area contributed by atoms with Crippen molar-refractivity contribution in [3.05, 3.63) is 35.9 Å². The van der Waals surface area contributed by atoms with Gasteiger partial charge in [-0.25, -0.2) is 13.8 Å². The number of hydrogen-bond acceptors (Lipinski definition) is 3. The van der Waals surface area contributed by atoms with Crippen molar-refractivity contribution in [2.45, 2.75) is 19.3 Å². The Morgan fingerprint density at radius 1 is 1.35 bits per heavy atom. The number of nitrogens with zero attached hydrogens (tertiary/aromatic N) is 1. The minimum absolute atomic E-state index is 0.0754. The monoisotopic (exact) mass is 294 g/mol. The Balaban J connectivity index is 1.82. The van der Waals surface area contributed by atoms with Gasteiger partial charge in [-0.1, -0.05) is 23.5 Å². The molecule has 0 radical (unpaired) electrons. The Bertz CT molecular complexity index is 696. The van der Waals surface area contributed by atoms with Gasteiger partial charge in [0.2, 0.25) is 5.91 Å². The summed E-state index contributed by atoms with van der Waals surface area (Å²) < 4.78 is 27.0. The third-order valence-corrected chi connectivity index (χ3v) is 4.20. The number of rotatable bonds is 2. The Kier molecular flexibility index (Phi) is 3.48. The summed E-state index contributed by atoms with van der Waals surface area (Å²) in [6.07, 6.45) is 6.44. The van der Waals surface area contributed by atoms with E-state index in [4.69, 9.17) is 0 Å². The van der Waals surface area contributed by atoms with Gasteiger partial charge in [0.05, 0.1) is 4.70 Å². The predicted octanol–water partition coefficient (Wildman–Crippen LogP) is 3.87. The van der Waals surface area contributed by atoms with E-state index in [1.165, 1.54) is 6.07 Å². The Hall–Kier alpha value is -1.82. The van der Waals surface area contributed by atoms with E-state index >= 15 is 0 Å². The number of aromatic nitrogens is 1. The average Bonchev–Trinajstić information content (AvgIpc) is 2.82. The van der Waals surface area contributed by atoms with Gasteiger partial charge in [-0.15, -0.1) is 0 Å². The maximum Gasteiger partial charge on any atom is 0.229 e. The number of benzene rings is 1. The van der Waals surface area contributed by atoms with Crippen LogP contribution in [0.2, 0.25) is 0 Å². The first-order valence-corrected chi connectivity index (χ1v) is 7.16. The first kappa shape index (κ1) is 13.2. The molecule has 0 spiro atoms. The average molecular weight is 294 g/mol. The molecule has 1 aromatic heterocycles. The first-order valence-electron chi connectivity index (χ1n) is 6.35. The molecule has 1 aliphatic rings. The number of carbonyl (C=O) groups is 1. The minimum atomic E-state index is -0.711. The van der Waals surface area contributed by atoms with Crippen LogP contribution >= 0.6 is 11.3 Å². The Morgan fingerprint density at radius 3 is 2.95 bits per heavy atom. The number of carbonyl (C=O) groups excluding carboxylic acids is 1. The van der Waals surface area contributed by atoms with E-state index in [9.17, 15) is 13.6 Å². The van der Waals surface area contributed by atoms with Gasteiger partial charge in [0.1, 0.15) is 11.3 Å². The van der Waals surface area contributed by atoms with Crippen molar-refractivity contribution in [1.82, 2.24) is 4.98 Å². The Labute approximate surface area is 118 Å². The molecule has 20 heavy (non-hydrogen) atoms. The molecule has 1 heterocycles. The number of anilines is 1. The molecule has 0 unspecified atom stereocenters. The lowest BCUT2D eigenvalue weighted by Crippen LogP contribution is -2.23. The topological polar surface area (TPSA) is 42.0 Å². The highest BCUT2D eigenvalue weighted by Gasteiger charge is 2.20. The molecule has 0 aliphatic heterocycles. The lowest BCUT2D eigenvalue weighted by Gasteiger charge is -2.15. The number of fused-ring (bicyclic) bond motifs is 1. The Morgan fingerprint density at radius 2 is 2.20 bits per heavy atom. The summed E-state index contributed by atoms with van der Waals surface area (Å²) in [7, 11) is 0. The van der Waals surface area contributed by atoms with Crippen molar-refractivity contribution >= 4 is 32.6 Å². The molecule has 0 saturated carbocycles. The van der Waals surface area contributed by atoms with Crippen molar-refractivity contribution < 1.29 is 13.6 Å². The molecule has 1 N–H and O–H groups in total. The summed E-state index contributed by atoms with van der Waals surface area (Å²) in [5.74, 6) is -1.55. The molecule has 2 aromatic rings. The molecule has 3 nitrogen and oxygen atoms in total. The molecular weight excluding hydrogens is 282 g/mol. The fourth-order valence-corrected chi connectivity index (χ4v) is 3.16. The summed E-state index contributed by atoms with van der Waals surface area (Å²) in [6.45, 7) is 0. The van der Waals surface area contributed by atoms with E-state index in [0.29, 0.717) is 16.3 Å². The van der Waals surface area contributed by atoms with E-state index < -0.39 is 11.6 Å². The number of thiazole rings is 1. The van der Waals surface area contributed by atoms with Gasteiger partial charge in [-0.2, -0.15) is 0 Å². The maximum atomic E-state index is 13.5. The van der Waals surface area contributed by atoms with Crippen LogP contribution in [0.4, 0.5) is 13.9 Å². The standard InChI is InChI=1S/C14H12F2N2OS/c15-9-6-10(16)12-11(7-9)20-14(17-12)18-13(19)8-4-2-1-3-5-8/h1-2,6-8H,3-5H2,(H,17,18,19)/t8-/m0/s1. The van der Waals surface area contributed by atoms with Crippen molar-refractivity contribution in [3.63, 3.8) is 0 Å². The molecule has 0 saturated heterocycles. The molecule has 1 amide bonds. The van der Waals surface area contributed by atoms with Crippen LogP contribution in [0.15, 0.2) is 24.3 Å². The summed E-state index contributed by atoms with van der Waals surface area (Å²) in [4.78, 5) is 16.1. The molecule has 0 bridgehead atoms. The second kappa shape index (κ2) is 5.28. The van der Waals surface area contributed by atoms with Gasteiger partial charge in [0.15, 0.2) is 10.9 Å². The van der Waals surface area contributed by atoms with Gasteiger partial charge in [-0.3, -0.25) is 4.79 Å². The van der Waals surface area contributed by atoms with Crippen LogP contribution in [0, 0.1) is 17.6 Å². The van der Waals surface area contributed by atoms with E-state index in [1.54, 1.807) is 0 Å². The van der Waals surface area contributed by atoms with Gasteiger partial charge in [0.25, 0.3) is 0 Å². The molecule has 6 heteroatoms. The van der Waals surface area contributed by atoms with Crippen molar-refractivity contribution in [3.8, 4) is 0 Å². The summed E-state index contributed by atoms with van der Waals surface area (Å²) in [5.41, 5.74) is 0.0928. The third-order valence-electron chi connectivity index (χ3n) is 3.28. The van der Waals surface area contributed by atoms with Crippen molar-refractivity contribution in [1.29, 1.82) is 0 Å². The minimum Gasteiger partial charge on any atom is -0.302 e. The zero-order valence-electron chi connectivity index (χ0n) is 10.5. The van der Waals surface area contributed by atoms with E-state index in [1.807, 2.05) is 6.08 Å². The highest BCUT2D eigenvalue weighted by Crippen LogP contribution is 2.29. The zero-order valence-corrected chi connectivity index (χ0v) is 11.3. The third kappa shape index (κ3) is 2.56. The van der Waals surface area contributed by atoms with Crippen LogP contribution in [-0.4, -0.2) is 10.9 Å². The van der Waals surface area contributed by atoms with Gasteiger partial charge in [0, 0.05) is 12.0 Å². The second-order valence-electron chi connectivity index (χ2n) is 4.72. The van der Waals surface area contributed by atoms with Crippen LogP contribution in [0.5, 0.6) is 0 Å². The highest BCUT2D eigenvalue weighted by molar-refractivity contribution is 7.22. The van der Waals surface area contributed by atoms with E-state index in [2.05, 4.69) is 16.4 Å². The maximum absolute atomic E-state index is 13.5. The first-order chi connectivity index (χ1) is 9.63. The molecule has 1 aromatic carbocycles. The van der Waals surface area contributed by atoms with Gasteiger partial charge in [-0.05, 0) is 25.3 Å². The van der Waals surface area contributed by atoms with Gasteiger partial charge >= 0.3 is 0 Å². The number of amides is 1. The van der Waals surface area contributed by atoms with Crippen LogP contribution in [0.25, 0.3) is 10.2 Å². The molecular formula is C14H12F2N2OS. The van der Waals surface area contributed by atoms with E-state index in [-0.39, 0.29) is 17.3 Å². The lowest BCUT2D eigenvalue weighted by atomic mass is 9.94. The molecule has 0 fully saturated rings. The smallest absolute Gasteiger partial charge is 0.229 e. The molecule has 3 rings (SSSR count). The quantitative estimate of drug-likeness (QED) is 0.854. The summed E-state index contributed by atoms with van der Waals surface area (Å²) in [5, 5.41) is 3.00. The molecule has 1 atom stereocenters. The normalized spacial score (nSPS) is 18.4. The van der Waals surface area contributed by atoms with Crippen LogP contribution in [0.3, 0.4) is 0 Å². The fraction of sp³-hybridized carbons (Fsp3) is 0.286. The van der Waals surface area contributed by atoms with Crippen LogP contribution < -0.4 is 5.32 Å². The number of allylic oxidation sites excluding steroid dienone is 2. The number of nitrogens with one attached hydrogen (secondary N) is 1. The molecule has 1 aliphatic carbocycles. The SMILES string of the molecule is O=C(Nc1nc2c(F)cc(F)cc2s1)[C@H]1CC=CCC1. The largest absolute Gasteiger partial charge is 0.302 e. The summed E-state index contributed by atoms with van der Waals surface area (Å²) in [6, 6.07) is 2.01. The predicted molar refractivity (Wildman–Crippen MR) is 74.6 cm³/mol. The number of hydrogen-bond donors (Lipinski definition) is 1. The lowest BCUT2D eigenvalue weighted by molar-refractivity contribution is -0.120. The van der Waals surface area contributed by atoms with Crippen molar-refractivity contribution in [2.75, 3.05) is 5.32 Å². The van der Waals surface area contributed by atoms with Crippen molar-refractivity contribution in [2.24, 2.45) is 5.92 Å². The fourth-order valence-electron chi connectivity index (χ4n) is 2.25.